The maximum Gasteiger partial charge on any atom is 0.240 e. The molecule has 0 aromatic heterocycles. The topological polar surface area (TPSA) is 58.2 Å². The van der Waals surface area contributed by atoms with E-state index >= 15 is 0 Å². The molecule has 1 aromatic rings. The lowest BCUT2D eigenvalue weighted by atomic mass is 10.0. The van der Waals surface area contributed by atoms with Crippen LogP contribution in [0.15, 0.2) is 29.2 Å². The normalized spacial score (nSPS) is 18.6. The predicted molar refractivity (Wildman–Crippen MR) is 82.3 cm³/mol. The van der Waals surface area contributed by atoms with Crippen molar-refractivity contribution in [2.75, 3.05) is 5.32 Å². The first-order chi connectivity index (χ1) is 9.42. The third-order valence-electron chi connectivity index (χ3n) is 3.96. The fourth-order valence-corrected chi connectivity index (χ4v) is 3.28. The molecule has 1 fully saturated rings. The molecule has 20 heavy (non-hydrogen) atoms. The van der Waals surface area contributed by atoms with Crippen LogP contribution in [0.1, 0.15) is 40.0 Å². The van der Waals surface area contributed by atoms with E-state index in [1.165, 1.54) is 0 Å². The molecule has 5 heteroatoms. The van der Waals surface area contributed by atoms with Gasteiger partial charge in [-0.25, -0.2) is 13.1 Å². The van der Waals surface area contributed by atoms with Gasteiger partial charge in [-0.2, -0.15) is 0 Å². The second-order valence-corrected chi connectivity index (χ2v) is 7.45. The molecule has 4 nitrogen and oxygen atoms in total. The van der Waals surface area contributed by atoms with Gasteiger partial charge in [0.15, 0.2) is 0 Å². The Bertz CT molecular complexity index is 535. The monoisotopic (exact) mass is 296 g/mol. The van der Waals surface area contributed by atoms with Crippen LogP contribution in [-0.4, -0.2) is 20.5 Å². The van der Waals surface area contributed by atoms with Crippen LogP contribution in [0.25, 0.3) is 0 Å². The Morgan fingerprint density at radius 2 is 1.80 bits per heavy atom. The third kappa shape index (κ3) is 3.96. The molecule has 1 aromatic carbocycles. The minimum absolute atomic E-state index is 0.142. The second kappa shape index (κ2) is 6.14. The van der Waals surface area contributed by atoms with Crippen molar-refractivity contribution in [1.82, 2.24) is 4.72 Å². The number of hydrogen-bond donors (Lipinski definition) is 2. The zero-order valence-corrected chi connectivity index (χ0v) is 13.2. The van der Waals surface area contributed by atoms with Gasteiger partial charge in [-0.05, 0) is 49.9 Å². The summed E-state index contributed by atoms with van der Waals surface area (Å²) < 4.78 is 26.8. The van der Waals surface area contributed by atoms with Crippen molar-refractivity contribution >= 4 is 15.7 Å². The van der Waals surface area contributed by atoms with E-state index in [-0.39, 0.29) is 6.04 Å². The second-order valence-electron chi connectivity index (χ2n) is 5.74. The summed E-state index contributed by atoms with van der Waals surface area (Å²) in [7, 11) is -3.34. The van der Waals surface area contributed by atoms with Crippen LogP contribution in [0.2, 0.25) is 0 Å². The molecule has 1 aliphatic rings. The quantitative estimate of drug-likeness (QED) is 0.813. The van der Waals surface area contributed by atoms with Gasteiger partial charge in [0.1, 0.15) is 0 Å². The van der Waals surface area contributed by atoms with Gasteiger partial charge < -0.3 is 5.32 Å². The summed E-state index contributed by atoms with van der Waals surface area (Å²) in [6.45, 7) is 6.52. The van der Waals surface area contributed by atoms with Crippen molar-refractivity contribution in [2.24, 2.45) is 5.92 Å². The van der Waals surface area contributed by atoms with Crippen molar-refractivity contribution < 1.29 is 8.42 Å². The van der Waals surface area contributed by atoms with E-state index in [4.69, 9.17) is 0 Å². The summed E-state index contributed by atoms with van der Waals surface area (Å²) in [5.41, 5.74) is 0.961. The first kappa shape index (κ1) is 15.3. The molecule has 1 saturated carbocycles. The van der Waals surface area contributed by atoms with Gasteiger partial charge in [0, 0.05) is 17.8 Å². The summed E-state index contributed by atoms with van der Waals surface area (Å²) in [6.07, 6.45) is 3.02. The molecule has 0 saturated heterocycles. The number of anilines is 1. The first-order valence-corrected chi connectivity index (χ1v) is 8.79. The van der Waals surface area contributed by atoms with E-state index in [9.17, 15) is 8.42 Å². The molecule has 0 radical (unpaired) electrons. The third-order valence-corrected chi connectivity index (χ3v) is 5.49. The standard InChI is InChI=1S/C15H24N2O2S/c1-4-11(2)12(3)16-13-7-9-15(10-8-13)20(18,19)17-14-5-6-14/h7-12,14,16-17H,4-6H2,1-3H3. The Kier molecular flexibility index (Phi) is 4.70. The van der Waals surface area contributed by atoms with Crippen LogP contribution in [0, 0.1) is 5.92 Å². The molecular formula is C15H24N2O2S. The maximum absolute atomic E-state index is 12.0. The van der Waals surface area contributed by atoms with E-state index in [0.717, 1.165) is 24.9 Å². The number of nitrogens with one attached hydrogen (secondary N) is 2. The lowest BCUT2D eigenvalue weighted by Gasteiger charge is -2.21. The lowest BCUT2D eigenvalue weighted by molar-refractivity contribution is 0.494. The molecule has 1 aliphatic carbocycles. The zero-order chi connectivity index (χ0) is 14.8. The molecule has 2 rings (SSSR count). The average Bonchev–Trinajstić information content (AvgIpc) is 3.21. The highest BCUT2D eigenvalue weighted by Gasteiger charge is 2.27. The summed E-state index contributed by atoms with van der Waals surface area (Å²) >= 11 is 0. The minimum atomic E-state index is -3.34. The number of rotatable bonds is 7. The smallest absolute Gasteiger partial charge is 0.240 e. The molecular weight excluding hydrogens is 272 g/mol. The highest BCUT2D eigenvalue weighted by Crippen LogP contribution is 2.23. The molecule has 2 atom stereocenters. The Hall–Kier alpha value is -1.07. The molecule has 0 bridgehead atoms. The van der Waals surface area contributed by atoms with Crippen molar-refractivity contribution in [3.8, 4) is 0 Å². The predicted octanol–water partition coefficient (Wildman–Crippen LogP) is 2.97. The highest BCUT2D eigenvalue weighted by molar-refractivity contribution is 7.89. The molecule has 0 spiro atoms. The van der Waals surface area contributed by atoms with Gasteiger partial charge in [-0.1, -0.05) is 20.3 Å². The molecule has 0 aliphatic heterocycles. The van der Waals surface area contributed by atoms with Crippen LogP contribution in [0.3, 0.4) is 0 Å². The SMILES string of the molecule is CCC(C)C(C)Nc1ccc(S(=O)(=O)NC2CC2)cc1. The molecule has 2 N–H and O–H groups in total. The summed E-state index contributed by atoms with van der Waals surface area (Å²) in [6, 6.07) is 7.50. The Morgan fingerprint density at radius 3 is 2.30 bits per heavy atom. The van der Waals surface area contributed by atoms with Crippen LogP contribution in [0.5, 0.6) is 0 Å². The van der Waals surface area contributed by atoms with Gasteiger partial charge in [0.2, 0.25) is 10.0 Å². The first-order valence-electron chi connectivity index (χ1n) is 7.31. The largest absolute Gasteiger partial charge is 0.382 e. The summed E-state index contributed by atoms with van der Waals surface area (Å²) in [5.74, 6) is 0.579. The van der Waals surface area contributed by atoms with Crippen LogP contribution in [0.4, 0.5) is 5.69 Å². The highest BCUT2D eigenvalue weighted by atomic mass is 32.2. The van der Waals surface area contributed by atoms with E-state index in [1.54, 1.807) is 12.1 Å². The van der Waals surface area contributed by atoms with E-state index in [2.05, 4.69) is 30.8 Å². The van der Waals surface area contributed by atoms with Gasteiger partial charge in [0.05, 0.1) is 4.90 Å². The van der Waals surface area contributed by atoms with Crippen molar-refractivity contribution in [2.45, 2.75) is 57.0 Å². The molecule has 0 amide bonds. The molecule has 2 unspecified atom stereocenters. The van der Waals surface area contributed by atoms with E-state index in [0.29, 0.717) is 16.9 Å². The Morgan fingerprint density at radius 1 is 1.20 bits per heavy atom. The zero-order valence-electron chi connectivity index (χ0n) is 12.4. The van der Waals surface area contributed by atoms with Crippen LogP contribution < -0.4 is 10.0 Å². The summed E-state index contributed by atoms with van der Waals surface area (Å²) in [5, 5.41) is 3.41. The van der Waals surface area contributed by atoms with E-state index in [1.807, 2.05) is 12.1 Å². The van der Waals surface area contributed by atoms with Crippen molar-refractivity contribution in [3.05, 3.63) is 24.3 Å². The van der Waals surface area contributed by atoms with Gasteiger partial charge in [-0.3, -0.25) is 0 Å². The minimum Gasteiger partial charge on any atom is -0.382 e. The van der Waals surface area contributed by atoms with Gasteiger partial charge >= 0.3 is 0 Å². The van der Waals surface area contributed by atoms with Gasteiger partial charge in [-0.15, -0.1) is 0 Å². The van der Waals surface area contributed by atoms with Crippen molar-refractivity contribution in [3.63, 3.8) is 0 Å². The number of hydrogen-bond acceptors (Lipinski definition) is 3. The number of sulfonamides is 1. The Balaban J connectivity index is 2.02. The van der Waals surface area contributed by atoms with Crippen LogP contribution in [-0.2, 0) is 10.0 Å². The van der Waals surface area contributed by atoms with Crippen LogP contribution >= 0.6 is 0 Å². The van der Waals surface area contributed by atoms with E-state index < -0.39 is 10.0 Å². The average molecular weight is 296 g/mol. The fraction of sp³-hybridized carbons (Fsp3) is 0.600. The van der Waals surface area contributed by atoms with Gasteiger partial charge in [0.25, 0.3) is 0 Å². The summed E-state index contributed by atoms with van der Waals surface area (Å²) in [4.78, 5) is 0.339. The Labute approximate surface area is 122 Å². The number of benzene rings is 1. The van der Waals surface area contributed by atoms with Crippen molar-refractivity contribution in [1.29, 1.82) is 0 Å². The fourth-order valence-electron chi connectivity index (χ4n) is 1.98. The maximum atomic E-state index is 12.0. The lowest BCUT2D eigenvalue weighted by Crippen LogP contribution is -2.26. The molecule has 0 heterocycles. The molecule has 112 valence electrons.